The van der Waals surface area contributed by atoms with Crippen molar-refractivity contribution in [2.45, 2.75) is 0 Å². The van der Waals surface area contributed by atoms with Crippen LogP contribution in [-0.4, -0.2) is 19.9 Å². The second-order valence-electron chi connectivity index (χ2n) is 4.81. The minimum atomic E-state index is -0.321. The first kappa shape index (κ1) is 12.9. The van der Waals surface area contributed by atoms with E-state index in [0.29, 0.717) is 27.5 Å². The highest BCUT2D eigenvalue weighted by Gasteiger charge is 2.10. The Bertz CT molecular complexity index is 1060. The third-order valence-electron chi connectivity index (χ3n) is 3.32. The summed E-state index contributed by atoms with van der Waals surface area (Å²) >= 11 is 5.95. The fourth-order valence-electron chi connectivity index (χ4n) is 2.28. The standard InChI is InChI=1S/C16H9ClN4O/c17-10-6-7-11-12(8-10)18-13-15(19-11)20-14(21-16(13)22)9-4-2-1-3-5-9/h1-8H,(H,19,20,21,22). The van der Waals surface area contributed by atoms with Crippen molar-refractivity contribution in [1.29, 1.82) is 0 Å². The SMILES string of the molecule is O=c1[nH]c(-c2ccccc2)nc2nc3ccc(Cl)cc3nc12. The van der Waals surface area contributed by atoms with Crippen LogP contribution in [0.25, 0.3) is 33.6 Å². The molecule has 0 bridgehead atoms. The van der Waals surface area contributed by atoms with E-state index in [9.17, 15) is 4.79 Å². The molecule has 5 nitrogen and oxygen atoms in total. The van der Waals surface area contributed by atoms with Gasteiger partial charge < -0.3 is 4.98 Å². The third kappa shape index (κ3) is 2.12. The third-order valence-corrected chi connectivity index (χ3v) is 3.55. The molecule has 0 unspecified atom stereocenters. The smallest absolute Gasteiger partial charge is 0.279 e. The Kier molecular flexibility index (Phi) is 2.87. The molecule has 2 aromatic carbocycles. The number of rotatable bonds is 1. The summed E-state index contributed by atoms with van der Waals surface area (Å²) in [4.78, 5) is 28.2. The first-order chi connectivity index (χ1) is 10.7. The van der Waals surface area contributed by atoms with Crippen molar-refractivity contribution in [3.8, 4) is 11.4 Å². The van der Waals surface area contributed by atoms with Gasteiger partial charge in [0.05, 0.1) is 11.0 Å². The second-order valence-corrected chi connectivity index (χ2v) is 5.25. The molecule has 2 aromatic heterocycles. The molecule has 0 aliphatic carbocycles. The van der Waals surface area contributed by atoms with Crippen LogP contribution in [0, 0.1) is 0 Å². The van der Waals surface area contributed by atoms with Gasteiger partial charge in [-0.3, -0.25) is 4.79 Å². The van der Waals surface area contributed by atoms with Gasteiger partial charge in [0.25, 0.3) is 5.56 Å². The number of hydrogen-bond acceptors (Lipinski definition) is 4. The number of nitrogens with one attached hydrogen (secondary N) is 1. The van der Waals surface area contributed by atoms with Crippen LogP contribution >= 0.6 is 11.6 Å². The molecule has 4 aromatic rings. The predicted molar refractivity (Wildman–Crippen MR) is 85.9 cm³/mol. The first-order valence-corrected chi connectivity index (χ1v) is 7.01. The van der Waals surface area contributed by atoms with Crippen LogP contribution in [0.3, 0.4) is 0 Å². The van der Waals surface area contributed by atoms with E-state index < -0.39 is 0 Å². The van der Waals surface area contributed by atoms with E-state index in [1.165, 1.54) is 0 Å². The van der Waals surface area contributed by atoms with Crippen LogP contribution in [-0.2, 0) is 0 Å². The normalized spacial score (nSPS) is 11.1. The van der Waals surface area contributed by atoms with E-state index in [1.54, 1.807) is 18.2 Å². The zero-order valence-electron chi connectivity index (χ0n) is 11.2. The minimum Gasteiger partial charge on any atom is -0.305 e. The number of halogens is 1. The maximum absolute atomic E-state index is 12.3. The number of aromatic nitrogens is 4. The molecular formula is C16H9ClN4O. The van der Waals surface area contributed by atoms with E-state index in [2.05, 4.69) is 19.9 Å². The number of aromatic amines is 1. The van der Waals surface area contributed by atoms with E-state index in [0.717, 1.165) is 5.56 Å². The molecule has 0 saturated carbocycles. The molecule has 0 radical (unpaired) electrons. The zero-order valence-corrected chi connectivity index (χ0v) is 12.0. The predicted octanol–water partition coefficient (Wildman–Crippen LogP) is 3.19. The molecule has 0 fully saturated rings. The van der Waals surface area contributed by atoms with E-state index in [-0.39, 0.29) is 11.1 Å². The molecular weight excluding hydrogens is 300 g/mol. The Morgan fingerprint density at radius 3 is 2.55 bits per heavy atom. The van der Waals surface area contributed by atoms with Crippen LogP contribution < -0.4 is 5.56 Å². The molecule has 0 aliphatic heterocycles. The lowest BCUT2D eigenvalue weighted by Gasteiger charge is -2.04. The molecule has 0 aliphatic rings. The zero-order chi connectivity index (χ0) is 15.1. The number of nitrogens with zero attached hydrogens (tertiary/aromatic N) is 3. The average Bonchev–Trinajstić information content (AvgIpc) is 2.54. The van der Waals surface area contributed by atoms with Crippen molar-refractivity contribution < 1.29 is 0 Å². The van der Waals surface area contributed by atoms with Gasteiger partial charge in [-0.15, -0.1) is 0 Å². The largest absolute Gasteiger partial charge is 0.305 e. The number of hydrogen-bond donors (Lipinski definition) is 1. The molecule has 0 saturated heterocycles. The highest BCUT2D eigenvalue weighted by Crippen LogP contribution is 2.19. The topological polar surface area (TPSA) is 71.5 Å². The molecule has 4 rings (SSSR count). The van der Waals surface area contributed by atoms with E-state index >= 15 is 0 Å². The van der Waals surface area contributed by atoms with Crippen molar-refractivity contribution in [3.05, 3.63) is 63.9 Å². The lowest BCUT2D eigenvalue weighted by atomic mass is 10.2. The van der Waals surface area contributed by atoms with Crippen LogP contribution in [0.1, 0.15) is 0 Å². The lowest BCUT2D eigenvalue weighted by Crippen LogP contribution is -2.12. The summed E-state index contributed by atoms with van der Waals surface area (Å²) in [7, 11) is 0. The number of H-pyrrole nitrogens is 1. The Hall–Kier alpha value is -2.79. The Morgan fingerprint density at radius 2 is 1.73 bits per heavy atom. The Labute approximate surface area is 129 Å². The fraction of sp³-hybridized carbons (Fsp3) is 0. The molecule has 0 atom stereocenters. The van der Waals surface area contributed by atoms with Gasteiger partial charge in [0, 0.05) is 10.6 Å². The number of benzene rings is 2. The van der Waals surface area contributed by atoms with Crippen molar-refractivity contribution >= 4 is 33.8 Å². The molecule has 0 amide bonds. The molecule has 106 valence electrons. The summed E-state index contributed by atoms with van der Waals surface area (Å²) in [6.07, 6.45) is 0. The van der Waals surface area contributed by atoms with Gasteiger partial charge in [-0.25, -0.2) is 15.0 Å². The molecule has 0 spiro atoms. The van der Waals surface area contributed by atoms with Gasteiger partial charge >= 0.3 is 0 Å². The molecule has 2 heterocycles. The van der Waals surface area contributed by atoms with Gasteiger partial charge in [-0.1, -0.05) is 41.9 Å². The summed E-state index contributed by atoms with van der Waals surface area (Å²) in [6.45, 7) is 0. The van der Waals surface area contributed by atoms with Crippen LogP contribution in [0.5, 0.6) is 0 Å². The van der Waals surface area contributed by atoms with Crippen LogP contribution in [0.2, 0.25) is 5.02 Å². The van der Waals surface area contributed by atoms with Crippen molar-refractivity contribution in [2.24, 2.45) is 0 Å². The van der Waals surface area contributed by atoms with Gasteiger partial charge in [-0.2, -0.15) is 0 Å². The fourth-order valence-corrected chi connectivity index (χ4v) is 2.45. The lowest BCUT2D eigenvalue weighted by molar-refractivity contribution is 1.14. The average molecular weight is 309 g/mol. The monoisotopic (exact) mass is 308 g/mol. The van der Waals surface area contributed by atoms with Gasteiger partial charge in [-0.05, 0) is 18.2 Å². The van der Waals surface area contributed by atoms with E-state index in [1.807, 2.05) is 30.3 Å². The van der Waals surface area contributed by atoms with Crippen molar-refractivity contribution in [2.75, 3.05) is 0 Å². The van der Waals surface area contributed by atoms with Crippen molar-refractivity contribution in [3.63, 3.8) is 0 Å². The summed E-state index contributed by atoms with van der Waals surface area (Å²) in [5, 5.41) is 0.548. The first-order valence-electron chi connectivity index (χ1n) is 6.63. The summed E-state index contributed by atoms with van der Waals surface area (Å²) in [5.74, 6) is 0.473. The Morgan fingerprint density at radius 1 is 0.909 bits per heavy atom. The quantitative estimate of drug-likeness (QED) is 0.548. The second kappa shape index (κ2) is 4.89. The van der Waals surface area contributed by atoms with Crippen molar-refractivity contribution in [1.82, 2.24) is 19.9 Å². The number of fused-ring (bicyclic) bond motifs is 2. The summed E-state index contributed by atoms with van der Waals surface area (Å²) in [5.41, 5.74) is 2.23. The van der Waals surface area contributed by atoms with Crippen LogP contribution in [0.4, 0.5) is 0 Å². The van der Waals surface area contributed by atoms with Gasteiger partial charge in [0.1, 0.15) is 5.82 Å². The molecule has 22 heavy (non-hydrogen) atoms. The molecule has 6 heteroatoms. The Balaban J connectivity index is 2.04. The molecule has 1 N–H and O–H groups in total. The van der Waals surface area contributed by atoms with Gasteiger partial charge in [0.15, 0.2) is 11.2 Å². The summed E-state index contributed by atoms with van der Waals surface area (Å²) in [6, 6.07) is 14.6. The summed E-state index contributed by atoms with van der Waals surface area (Å²) < 4.78 is 0. The minimum absolute atomic E-state index is 0.203. The van der Waals surface area contributed by atoms with E-state index in [4.69, 9.17) is 11.6 Å². The highest BCUT2D eigenvalue weighted by atomic mass is 35.5. The maximum atomic E-state index is 12.3. The van der Waals surface area contributed by atoms with Gasteiger partial charge in [0.2, 0.25) is 0 Å². The van der Waals surface area contributed by atoms with Crippen LogP contribution in [0.15, 0.2) is 53.3 Å². The highest BCUT2D eigenvalue weighted by molar-refractivity contribution is 6.31. The maximum Gasteiger partial charge on any atom is 0.279 e.